The number of nitrogens with one attached hydrogen (secondary N) is 1. The Kier molecular flexibility index (Phi) is 5.80. The maximum absolute atomic E-state index is 13.4. The van der Waals surface area contributed by atoms with Crippen LogP contribution in [-0.2, 0) is 6.42 Å². The van der Waals surface area contributed by atoms with Gasteiger partial charge in [-0.1, -0.05) is 43.6 Å². The fourth-order valence-electron chi connectivity index (χ4n) is 2.26. The van der Waals surface area contributed by atoms with Crippen LogP contribution in [0.5, 0.6) is 0 Å². The predicted molar refractivity (Wildman–Crippen MR) is 79.3 cm³/mol. The molecule has 0 saturated heterocycles. The third kappa shape index (κ3) is 5.96. The van der Waals surface area contributed by atoms with Gasteiger partial charge in [-0.05, 0) is 48.6 Å². The van der Waals surface area contributed by atoms with Crippen LogP contribution in [0.25, 0.3) is 0 Å². The molecule has 0 amide bonds. The molecule has 0 radical (unpaired) electrons. The lowest BCUT2D eigenvalue weighted by atomic mass is 9.86. The van der Waals surface area contributed by atoms with Gasteiger partial charge in [0.05, 0.1) is 0 Å². The Morgan fingerprint density at radius 1 is 1.28 bits per heavy atom. The van der Waals surface area contributed by atoms with Crippen LogP contribution in [-0.4, -0.2) is 12.6 Å². The number of hydrogen-bond acceptors (Lipinski definition) is 1. The monoisotopic (exact) mass is 315 g/mol. The van der Waals surface area contributed by atoms with E-state index >= 15 is 0 Å². The van der Waals surface area contributed by atoms with E-state index in [1.54, 1.807) is 6.07 Å². The van der Waals surface area contributed by atoms with Crippen LogP contribution in [0.3, 0.4) is 0 Å². The molecule has 0 aliphatic carbocycles. The second kappa shape index (κ2) is 6.67. The van der Waals surface area contributed by atoms with Crippen molar-refractivity contribution in [3.8, 4) is 0 Å². The second-order valence-corrected chi connectivity index (χ2v) is 6.92. The lowest BCUT2D eigenvalue weighted by Crippen LogP contribution is -2.34. The standard InChI is InChI=1S/C15H23BrFN/c1-5-18-14(10-15(2,3)4)8-11-6-12(16)9-13(17)7-11/h6-7,9,14,18H,5,8,10H2,1-4H3. The van der Waals surface area contributed by atoms with E-state index in [0.717, 1.165) is 29.4 Å². The summed E-state index contributed by atoms with van der Waals surface area (Å²) < 4.78 is 14.2. The molecule has 0 heterocycles. The molecule has 1 aromatic carbocycles. The summed E-state index contributed by atoms with van der Waals surface area (Å²) in [7, 11) is 0. The zero-order valence-electron chi connectivity index (χ0n) is 11.7. The molecule has 1 atom stereocenters. The lowest BCUT2D eigenvalue weighted by Gasteiger charge is -2.26. The van der Waals surface area contributed by atoms with Gasteiger partial charge >= 0.3 is 0 Å². The Balaban J connectivity index is 2.76. The van der Waals surface area contributed by atoms with Crippen molar-refractivity contribution < 1.29 is 4.39 Å². The Morgan fingerprint density at radius 2 is 1.94 bits per heavy atom. The van der Waals surface area contributed by atoms with Crippen LogP contribution in [0, 0.1) is 11.2 Å². The van der Waals surface area contributed by atoms with Gasteiger partial charge in [0.15, 0.2) is 0 Å². The highest BCUT2D eigenvalue weighted by Gasteiger charge is 2.18. The first-order valence-electron chi connectivity index (χ1n) is 6.48. The third-order valence-corrected chi connectivity index (χ3v) is 3.21. The molecule has 0 saturated carbocycles. The van der Waals surface area contributed by atoms with Crippen molar-refractivity contribution in [2.24, 2.45) is 5.41 Å². The Bertz CT molecular complexity index is 364. The summed E-state index contributed by atoms with van der Waals surface area (Å²) in [5.41, 5.74) is 1.31. The molecule has 0 spiro atoms. The molecule has 1 N–H and O–H groups in total. The molecule has 0 bridgehead atoms. The van der Waals surface area contributed by atoms with E-state index in [0.29, 0.717) is 6.04 Å². The van der Waals surface area contributed by atoms with Crippen LogP contribution >= 0.6 is 15.9 Å². The molecule has 18 heavy (non-hydrogen) atoms. The van der Waals surface area contributed by atoms with Gasteiger partial charge in [0.1, 0.15) is 5.82 Å². The van der Waals surface area contributed by atoms with Crippen molar-refractivity contribution in [3.63, 3.8) is 0 Å². The fraction of sp³-hybridized carbons (Fsp3) is 0.600. The van der Waals surface area contributed by atoms with E-state index in [1.165, 1.54) is 6.07 Å². The average molecular weight is 316 g/mol. The minimum atomic E-state index is -0.176. The summed E-state index contributed by atoms with van der Waals surface area (Å²) in [6.45, 7) is 9.75. The molecule has 1 rings (SSSR count). The maximum Gasteiger partial charge on any atom is 0.124 e. The second-order valence-electron chi connectivity index (χ2n) is 6.00. The molecule has 0 aromatic heterocycles. The van der Waals surface area contributed by atoms with Gasteiger partial charge in [0.25, 0.3) is 0 Å². The number of halogens is 2. The Morgan fingerprint density at radius 3 is 2.44 bits per heavy atom. The first-order valence-corrected chi connectivity index (χ1v) is 7.28. The Hall–Kier alpha value is -0.410. The van der Waals surface area contributed by atoms with E-state index in [-0.39, 0.29) is 11.2 Å². The highest BCUT2D eigenvalue weighted by atomic mass is 79.9. The molecule has 0 aliphatic rings. The summed E-state index contributed by atoms with van der Waals surface area (Å²) in [4.78, 5) is 0. The molecule has 1 unspecified atom stereocenters. The van der Waals surface area contributed by atoms with Crippen molar-refractivity contribution in [3.05, 3.63) is 34.1 Å². The minimum Gasteiger partial charge on any atom is -0.314 e. The van der Waals surface area contributed by atoms with E-state index in [1.807, 2.05) is 6.07 Å². The zero-order valence-corrected chi connectivity index (χ0v) is 13.3. The van der Waals surface area contributed by atoms with Gasteiger partial charge < -0.3 is 5.32 Å². The van der Waals surface area contributed by atoms with E-state index in [4.69, 9.17) is 0 Å². The van der Waals surface area contributed by atoms with Crippen molar-refractivity contribution >= 4 is 15.9 Å². The number of rotatable bonds is 5. The predicted octanol–water partition coefficient (Wildman–Crippen LogP) is 4.55. The van der Waals surface area contributed by atoms with Crippen molar-refractivity contribution in [2.75, 3.05) is 6.54 Å². The van der Waals surface area contributed by atoms with Gasteiger partial charge in [-0.2, -0.15) is 0 Å². The zero-order chi connectivity index (χ0) is 13.8. The largest absolute Gasteiger partial charge is 0.314 e. The van der Waals surface area contributed by atoms with Crippen molar-refractivity contribution in [2.45, 2.75) is 46.6 Å². The topological polar surface area (TPSA) is 12.0 Å². The molecule has 102 valence electrons. The van der Waals surface area contributed by atoms with Crippen LogP contribution in [0.4, 0.5) is 4.39 Å². The highest BCUT2D eigenvalue weighted by Crippen LogP contribution is 2.24. The SMILES string of the molecule is CCNC(Cc1cc(F)cc(Br)c1)CC(C)(C)C. The quantitative estimate of drug-likeness (QED) is 0.840. The number of benzene rings is 1. The summed E-state index contributed by atoms with van der Waals surface area (Å²) in [5, 5.41) is 3.49. The molecule has 3 heteroatoms. The molecule has 1 aromatic rings. The number of likely N-dealkylation sites (N-methyl/N-ethyl adjacent to an activating group) is 1. The number of hydrogen-bond donors (Lipinski definition) is 1. The minimum absolute atomic E-state index is 0.176. The Labute approximate surface area is 118 Å². The first-order chi connectivity index (χ1) is 8.30. The summed E-state index contributed by atoms with van der Waals surface area (Å²) >= 11 is 3.34. The molecule has 1 nitrogen and oxygen atoms in total. The van der Waals surface area contributed by atoms with Gasteiger partial charge in [0, 0.05) is 10.5 Å². The fourth-order valence-corrected chi connectivity index (χ4v) is 2.77. The first kappa shape index (κ1) is 15.6. The van der Waals surface area contributed by atoms with Gasteiger partial charge in [0.2, 0.25) is 0 Å². The summed E-state index contributed by atoms with van der Waals surface area (Å²) in [5.74, 6) is -0.176. The lowest BCUT2D eigenvalue weighted by molar-refractivity contribution is 0.309. The van der Waals surface area contributed by atoms with Crippen LogP contribution in [0.1, 0.15) is 39.7 Å². The third-order valence-electron chi connectivity index (χ3n) is 2.76. The summed E-state index contributed by atoms with van der Waals surface area (Å²) in [6, 6.07) is 5.51. The summed E-state index contributed by atoms with van der Waals surface area (Å²) in [6.07, 6.45) is 1.94. The highest BCUT2D eigenvalue weighted by molar-refractivity contribution is 9.10. The maximum atomic E-state index is 13.4. The van der Waals surface area contributed by atoms with E-state index in [2.05, 4.69) is 48.9 Å². The smallest absolute Gasteiger partial charge is 0.124 e. The van der Waals surface area contributed by atoms with Gasteiger partial charge in [-0.3, -0.25) is 0 Å². The molecular formula is C15H23BrFN. The van der Waals surface area contributed by atoms with E-state index in [9.17, 15) is 4.39 Å². The average Bonchev–Trinajstić information content (AvgIpc) is 2.12. The van der Waals surface area contributed by atoms with Crippen molar-refractivity contribution in [1.82, 2.24) is 5.32 Å². The van der Waals surface area contributed by atoms with Crippen LogP contribution in [0.2, 0.25) is 0 Å². The molecule has 0 fully saturated rings. The van der Waals surface area contributed by atoms with Gasteiger partial charge in [-0.15, -0.1) is 0 Å². The molecular weight excluding hydrogens is 293 g/mol. The van der Waals surface area contributed by atoms with E-state index < -0.39 is 0 Å². The normalized spacial score (nSPS) is 13.7. The van der Waals surface area contributed by atoms with Crippen molar-refractivity contribution in [1.29, 1.82) is 0 Å². The van der Waals surface area contributed by atoms with Crippen LogP contribution in [0.15, 0.2) is 22.7 Å². The molecule has 0 aliphatic heterocycles. The van der Waals surface area contributed by atoms with Crippen LogP contribution < -0.4 is 5.32 Å². The van der Waals surface area contributed by atoms with Gasteiger partial charge in [-0.25, -0.2) is 4.39 Å².